The van der Waals surface area contributed by atoms with Crippen molar-refractivity contribution in [1.82, 2.24) is 0 Å². The number of unbranched alkanes of at least 4 members (excludes halogenated alkanes) is 11. The lowest BCUT2D eigenvalue weighted by Crippen LogP contribution is -2.34. The fourth-order valence-electron chi connectivity index (χ4n) is 3.02. The van der Waals surface area contributed by atoms with Crippen LogP contribution in [0.3, 0.4) is 0 Å². The topological polar surface area (TPSA) is 37.3 Å². The van der Waals surface area contributed by atoms with Crippen molar-refractivity contribution in [3.8, 4) is 0 Å². The molecule has 0 unspecified atom stereocenters. The molecular weight excluding hydrogens is 334 g/mol. The van der Waals surface area contributed by atoms with Crippen molar-refractivity contribution in [3.05, 3.63) is 12.2 Å². The molecule has 0 aliphatic carbocycles. The Kier molecular flexibility index (Phi) is 22.6. The first-order valence-corrected chi connectivity index (χ1v) is 11.5. The lowest BCUT2D eigenvalue weighted by molar-refractivity contribution is -0.870. The van der Waals surface area contributed by atoms with E-state index in [9.17, 15) is 4.79 Å². The van der Waals surface area contributed by atoms with Crippen LogP contribution in [0.1, 0.15) is 110 Å². The van der Waals surface area contributed by atoms with E-state index in [0.29, 0.717) is 6.42 Å². The highest BCUT2D eigenvalue weighted by Gasteiger charge is 2.01. The highest BCUT2D eigenvalue weighted by Crippen LogP contribution is 2.09. The standard InChI is InChI=1S/C18H34O2.C6H16N/c1-2-3-4-5-6-7-8-9-10-11-12-13-14-15-16-17-18(19)20;1-5-6-7(2,3)4/h9-10H,2-8,11-17H2,1H3,(H,19,20);5-6H2,1-4H3/q;+1/b10-9-;. The van der Waals surface area contributed by atoms with Crippen LogP contribution in [0.15, 0.2) is 12.2 Å². The Morgan fingerprint density at radius 3 is 1.52 bits per heavy atom. The molecule has 0 saturated carbocycles. The minimum absolute atomic E-state index is 0.332. The van der Waals surface area contributed by atoms with Crippen molar-refractivity contribution < 1.29 is 14.4 Å². The molecule has 0 saturated heterocycles. The van der Waals surface area contributed by atoms with Gasteiger partial charge in [-0.3, -0.25) is 4.79 Å². The third kappa shape index (κ3) is 33.2. The summed E-state index contributed by atoms with van der Waals surface area (Å²) in [5.74, 6) is -0.664. The summed E-state index contributed by atoms with van der Waals surface area (Å²) < 4.78 is 1.09. The number of aliphatic carboxylic acids is 1. The van der Waals surface area contributed by atoms with Gasteiger partial charge in [0, 0.05) is 6.42 Å². The summed E-state index contributed by atoms with van der Waals surface area (Å²) in [7, 11) is 6.64. The van der Waals surface area contributed by atoms with Crippen LogP contribution in [-0.2, 0) is 4.79 Å². The normalized spacial score (nSPS) is 11.4. The van der Waals surface area contributed by atoms with Crippen molar-refractivity contribution in [3.63, 3.8) is 0 Å². The lowest BCUT2D eigenvalue weighted by atomic mass is 10.1. The van der Waals surface area contributed by atoms with Crippen molar-refractivity contribution in [2.45, 2.75) is 110 Å². The molecule has 0 bridgehead atoms. The average molecular weight is 385 g/mol. The Bertz CT molecular complexity index is 332. The smallest absolute Gasteiger partial charge is 0.303 e. The van der Waals surface area contributed by atoms with Crippen LogP contribution in [0.4, 0.5) is 0 Å². The summed E-state index contributed by atoms with van der Waals surface area (Å²) in [5, 5.41) is 8.51. The molecular formula is C24H50NO2+. The SMILES string of the molecule is CCCCCCCC/C=C\CCCCCCCC(=O)O.CCC[N+](C)(C)C. The maximum Gasteiger partial charge on any atom is 0.303 e. The predicted molar refractivity (Wildman–Crippen MR) is 120 cm³/mol. The number of quaternary nitrogens is 1. The largest absolute Gasteiger partial charge is 0.481 e. The average Bonchev–Trinajstić information content (AvgIpc) is 2.57. The zero-order chi connectivity index (χ0) is 20.8. The van der Waals surface area contributed by atoms with Gasteiger partial charge in [0.05, 0.1) is 27.7 Å². The molecule has 0 amide bonds. The third-order valence-corrected chi connectivity index (χ3v) is 4.55. The summed E-state index contributed by atoms with van der Waals surface area (Å²) in [4.78, 5) is 10.3. The molecule has 0 aromatic heterocycles. The summed E-state index contributed by atoms with van der Waals surface area (Å²) in [6.07, 6.45) is 22.5. The molecule has 1 N–H and O–H groups in total. The number of hydrogen-bond acceptors (Lipinski definition) is 1. The van der Waals surface area contributed by atoms with Gasteiger partial charge in [-0.25, -0.2) is 0 Å². The second-order valence-electron chi connectivity index (χ2n) is 8.74. The highest BCUT2D eigenvalue weighted by molar-refractivity contribution is 5.66. The molecule has 162 valence electrons. The fourth-order valence-corrected chi connectivity index (χ4v) is 3.02. The minimum atomic E-state index is -0.664. The Hall–Kier alpha value is -0.830. The number of hydrogen-bond donors (Lipinski definition) is 1. The highest BCUT2D eigenvalue weighted by atomic mass is 16.4. The molecule has 0 aromatic carbocycles. The van der Waals surface area contributed by atoms with E-state index in [1.54, 1.807) is 0 Å². The van der Waals surface area contributed by atoms with Crippen molar-refractivity contribution in [2.75, 3.05) is 27.7 Å². The van der Waals surface area contributed by atoms with Crippen molar-refractivity contribution in [1.29, 1.82) is 0 Å². The van der Waals surface area contributed by atoms with Gasteiger partial charge in [-0.05, 0) is 38.5 Å². The first-order chi connectivity index (χ1) is 12.8. The first-order valence-electron chi connectivity index (χ1n) is 11.5. The number of carboxylic acids is 1. The number of allylic oxidation sites excluding steroid dienone is 2. The van der Waals surface area contributed by atoms with Gasteiger partial charge in [-0.15, -0.1) is 0 Å². The van der Waals surface area contributed by atoms with Crippen LogP contribution in [0, 0.1) is 0 Å². The molecule has 3 nitrogen and oxygen atoms in total. The van der Waals surface area contributed by atoms with E-state index in [1.165, 1.54) is 83.6 Å². The van der Waals surface area contributed by atoms with Gasteiger partial charge in [0.1, 0.15) is 0 Å². The molecule has 0 atom stereocenters. The van der Waals surface area contributed by atoms with Crippen LogP contribution < -0.4 is 0 Å². The molecule has 0 aliphatic rings. The van der Waals surface area contributed by atoms with E-state index in [0.717, 1.165) is 17.3 Å². The van der Waals surface area contributed by atoms with E-state index >= 15 is 0 Å². The van der Waals surface area contributed by atoms with Gasteiger partial charge >= 0.3 is 5.97 Å². The van der Waals surface area contributed by atoms with E-state index in [2.05, 4.69) is 47.1 Å². The zero-order valence-corrected chi connectivity index (χ0v) is 19.3. The quantitative estimate of drug-likeness (QED) is 0.163. The molecule has 0 radical (unpaired) electrons. The minimum Gasteiger partial charge on any atom is -0.481 e. The number of carboxylic acid groups (broad SMARTS) is 1. The Balaban J connectivity index is 0. The molecule has 0 aliphatic heterocycles. The summed E-state index contributed by atoms with van der Waals surface area (Å²) in [5.41, 5.74) is 0. The second kappa shape index (κ2) is 21.5. The Morgan fingerprint density at radius 1 is 0.704 bits per heavy atom. The fraction of sp³-hybridized carbons (Fsp3) is 0.875. The molecule has 27 heavy (non-hydrogen) atoms. The van der Waals surface area contributed by atoms with E-state index in [1.807, 2.05) is 0 Å². The van der Waals surface area contributed by atoms with Gasteiger partial charge in [0.2, 0.25) is 0 Å². The predicted octanol–water partition coefficient (Wildman–Crippen LogP) is 7.21. The van der Waals surface area contributed by atoms with Gasteiger partial charge < -0.3 is 9.59 Å². The summed E-state index contributed by atoms with van der Waals surface area (Å²) >= 11 is 0. The second-order valence-corrected chi connectivity index (χ2v) is 8.74. The van der Waals surface area contributed by atoms with Crippen molar-refractivity contribution >= 4 is 5.97 Å². The maximum atomic E-state index is 10.3. The molecule has 3 heteroatoms. The van der Waals surface area contributed by atoms with E-state index < -0.39 is 5.97 Å². The maximum absolute atomic E-state index is 10.3. The number of carbonyl (C=O) groups is 1. The van der Waals surface area contributed by atoms with Crippen LogP contribution in [0.5, 0.6) is 0 Å². The van der Waals surface area contributed by atoms with E-state index in [4.69, 9.17) is 5.11 Å². The molecule has 0 aromatic rings. The van der Waals surface area contributed by atoms with Gasteiger partial charge in [0.25, 0.3) is 0 Å². The van der Waals surface area contributed by atoms with Crippen LogP contribution in [0.2, 0.25) is 0 Å². The molecule has 0 spiro atoms. The Morgan fingerprint density at radius 2 is 1.15 bits per heavy atom. The van der Waals surface area contributed by atoms with Crippen molar-refractivity contribution in [2.24, 2.45) is 0 Å². The molecule has 0 heterocycles. The first kappa shape index (κ1) is 28.4. The lowest BCUT2D eigenvalue weighted by Gasteiger charge is -2.22. The van der Waals surface area contributed by atoms with Gasteiger partial charge in [-0.2, -0.15) is 0 Å². The number of rotatable bonds is 17. The number of nitrogens with zero attached hydrogens (tertiary/aromatic N) is 1. The Labute approximate surface area is 170 Å². The summed E-state index contributed by atoms with van der Waals surface area (Å²) in [6, 6.07) is 0. The summed E-state index contributed by atoms with van der Waals surface area (Å²) in [6.45, 7) is 5.75. The monoisotopic (exact) mass is 384 g/mol. The van der Waals surface area contributed by atoms with Crippen LogP contribution >= 0.6 is 0 Å². The van der Waals surface area contributed by atoms with Crippen LogP contribution in [-0.4, -0.2) is 43.2 Å². The molecule has 0 rings (SSSR count). The van der Waals surface area contributed by atoms with Crippen LogP contribution in [0.25, 0.3) is 0 Å². The van der Waals surface area contributed by atoms with E-state index in [-0.39, 0.29) is 0 Å². The third-order valence-electron chi connectivity index (χ3n) is 4.55. The zero-order valence-electron chi connectivity index (χ0n) is 19.3. The van der Waals surface area contributed by atoms with Gasteiger partial charge in [-0.1, -0.05) is 77.4 Å². The molecule has 0 fully saturated rings. The van der Waals surface area contributed by atoms with Gasteiger partial charge in [0.15, 0.2) is 0 Å².